The Morgan fingerprint density at radius 3 is 2.54 bits per heavy atom. The van der Waals surface area contributed by atoms with Crippen LogP contribution in [-0.4, -0.2) is 53.5 Å². The van der Waals surface area contributed by atoms with Crippen LogP contribution < -0.4 is 9.64 Å². The fourth-order valence-corrected chi connectivity index (χ4v) is 2.71. The minimum absolute atomic E-state index is 0.0491. The van der Waals surface area contributed by atoms with Gasteiger partial charge in [0.05, 0.1) is 4.92 Å². The fraction of sp³-hybridized carbons (Fsp3) is 0.294. The van der Waals surface area contributed by atoms with E-state index in [0.717, 1.165) is 0 Å². The molecule has 1 aliphatic rings. The van der Waals surface area contributed by atoms with Crippen molar-refractivity contribution in [1.29, 1.82) is 0 Å². The highest BCUT2D eigenvalue weighted by Gasteiger charge is 2.26. The number of carbonyl (C=O) groups is 1. The van der Waals surface area contributed by atoms with Crippen LogP contribution in [0.4, 0.5) is 15.9 Å². The zero-order valence-electron chi connectivity index (χ0n) is 13.9. The van der Waals surface area contributed by atoms with Gasteiger partial charge in [0.15, 0.2) is 6.61 Å². The van der Waals surface area contributed by atoms with Crippen molar-refractivity contribution >= 4 is 17.4 Å². The molecule has 1 saturated heterocycles. The smallest absolute Gasteiger partial charge is 0.311 e. The Morgan fingerprint density at radius 1 is 1.19 bits per heavy atom. The molecule has 9 heteroatoms. The molecular formula is C17H17FN4O4. The predicted molar refractivity (Wildman–Crippen MR) is 91.6 cm³/mol. The molecule has 0 aliphatic carbocycles. The van der Waals surface area contributed by atoms with E-state index in [0.29, 0.717) is 37.7 Å². The van der Waals surface area contributed by atoms with Crippen LogP contribution in [0.25, 0.3) is 0 Å². The van der Waals surface area contributed by atoms with Crippen molar-refractivity contribution in [1.82, 2.24) is 9.88 Å². The molecule has 0 saturated carbocycles. The number of ether oxygens (including phenoxy) is 1. The molecule has 1 aliphatic heterocycles. The Morgan fingerprint density at radius 2 is 1.88 bits per heavy atom. The lowest BCUT2D eigenvalue weighted by molar-refractivity contribution is -0.384. The number of carbonyl (C=O) groups excluding carboxylic acids is 1. The summed E-state index contributed by atoms with van der Waals surface area (Å²) < 4.78 is 18.2. The number of piperazine rings is 1. The van der Waals surface area contributed by atoms with Gasteiger partial charge in [0.2, 0.25) is 5.82 Å². The zero-order valence-corrected chi connectivity index (χ0v) is 13.9. The van der Waals surface area contributed by atoms with Gasteiger partial charge in [-0.3, -0.25) is 14.9 Å². The average Bonchev–Trinajstić information content (AvgIpc) is 2.67. The number of halogens is 1. The van der Waals surface area contributed by atoms with E-state index in [4.69, 9.17) is 4.74 Å². The minimum Gasteiger partial charge on any atom is -0.484 e. The van der Waals surface area contributed by atoms with Gasteiger partial charge in [-0.05, 0) is 30.3 Å². The fourth-order valence-electron chi connectivity index (χ4n) is 2.71. The van der Waals surface area contributed by atoms with Crippen molar-refractivity contribution in [2.75, 3.05) is 37.7 Å². The number of amides is 1. The lowest BCUT2D eigenvalue weighted by atomic mass is 10.2. The molecule has 0 unspecified atom stereocenters. The van der Waals surface area contributed by atoms with Crippen molar-refractivity contribution in [2.24, 2.45) is 0 Å². The molecule has 136 valence electrons. The molecule has 0 radical (unpaired) electrons. The van der Waals surface area contributed by atoms with Crippen LogP contribution in [0, 0.1) is 15.9 Å². The molecule has 8 nitrogen and oxygen atoms in total. The average molecular weight is 360 g/mol. The lowest BCUT2D eigenvalue weighted by Crippen LogP contribution is -2.50. The second-order valence-electron chi connectivity index (χ2n) is 5.71. The number of nitro groups is 1. The SMILES string of the molecule is O=C(COc1ccc(F)cc1)N1CCN(c2ncccc2[N+](=O)[O-])CC1. The number of pyridine rings is 1. The summed E-state index contributed by atoms with van der Waals surface area (Å²) in [5.41, 5.74) is -0.0491. The summed E-state index contributed by atoms with van der Waals surface area (Å²) in [5.74, 6) is 0.169. The molecule has 1 aromatic carbocycles. The van der Waals surface area contributed by atoms with Gasteiger partial charge in [-0.25, -0.2) is 9.37 Å². The number of anilines is 1. The number of hydrogen-bond acceptors (Lipinski definition) is 6. The number of hydrogen-bond donors (Lipinski definition) is 0. The lowest BCUT2D eigenvalue weighted by Gasteiger charge is -2.35. The van der Waals surface area contributed by atoms with Gasteiger partial charge < -0.3 is 14.5 Å². The van der Waals surface area contributed by atoms with E-state index in [1.807, 2.05) is 0 Å². The highest BCUT2D eigenvalue weighted by Crippen LogP contribution is 2.25. The van der Waals surface area contributed by atoms with Crippen LogP contribution in [-0.2, 0) is 4.79 Å². The number of nitrogens with zero attached hydrogens (tertiary/aromatic N) is 4. The summed E-state index contributed by atoms with van der Waals surface area (Å²) in [6.45, 7) is 1.58. The Labute approximate surface area is 149 Å². The third kappa shape index (κ3) is 4.05. The van der Waals surface area contributed by atoms with Crippen molar-refractivity contribution < 1.29 is 18.8 Å². The van der Waals surface area contributed by atoms with Crippen LogP contribution in [0.2, 0.25) is 0 Å². The molecule has 1 amide bonds. The normalized spacial score (nSPS) is 14.2. The highest BCUT2D eigenvalue weighted by atomic mass is 19.1. The van der Waals surface area contributed by atoms with Gasteiger partial charge in [0.1, 0.15) is 11.6 Å². The molecule has 2 aromatic rings. The molecule has 1 fully saturated rings. The summed E-state index contributed by atoms with van der Waals surface area (Å²) in [4.78, 5) is 30.4. The molecule has 3 rings (SSSR count). The quantitative estimate of drug-likeness (QED) is 0.597. The molecule has 0 atom stereocenters. The maximum atomic E-state index is 12.8. The topological polar surface area (TPSA) is 88.8 Å². The Hall–Kier alpha value is -3.23. The molecule has 1 aromatic heterocycles. The highest BCUT2D eigenvalue weighted by molar-refractivity contribution is 5.78. The molecule has 0 spiro atoms. The van der Waals surface area contributed by atoms with Crippen molar-refractivity contribution in [3.05, 3.63) is 58.5 Å². The van der Waals surface area contributed by atoms with Crippen LogP contribution in [0.5, 0.6) is 5.75 Å². The molecule has 26 heavy (non-hydrogen) atoms. The summed E-state index contributed by atoms with van der Waals surface area (Å²) in [6, 6.07) is 8.38. The standard InChI is InChI=1S/C17H17FN4O4/c18-13-3-5-14(6-4-13)26-12-16(23)20-8-10-21(11-9-20)17-15(22(24)25)2-1-7-19-17/h1-7H,8-12H2. The second kappa shape index (κ2) is 7.77. The molecule has 2 heterocycles. The summed E-state index contributed by atoms with van der Waals surface area (Å²) >= 11 is 0. The van der Waals surface area contributed by atoms with Gasteiger partial charge in [-0.15, -0.1) is 0 Å². The van der Waals surface area contributed by atoms with Crippen molar-refractivity contribution in [2.45, 2.75) is 0 Å². The summed E-state index contributed by atoms with van der Waals surface area (Å²) in [6.07, 6.45) is 1.51. The maximum Gasteiger partial charge on any atom is 0.311 e. The van der Waals surface area contributed by atoms with E-state index in [2.05, 4.69) is 4.98 Å². The second-order valence-corrected chi connectivity index (χ2v) is 5.71. The Balaban J connectivity index is 1.54. The number of rotatable bonds is 5. The van der Waals surface area contributed by atoms with Crippen LogP contribution in [0.1, 0.15) is 0 Å². The maximum absolute atomic E-state index is 12.8. The van der Waals surface area contributed by atoms with E-state index in [-0.39, 0.29) is 24.0 Å². The number of aromatic nitrogens is 1. The van der Waals surface area contributed by atoms with Gasteiger partial charge in [-0.2, -0.15) is 0 Å². The minimum atomic E-state index is -0.462. The van der Waals surface area contributed by atoms with Gasteiger partial charge in [0, 0.05) is 38.4 Å². The first-order chi connectivity index (χ1) is 12.5. The van der Waals surface area contributed by atoms with Gasteiger partial charge >= 0.3 is 5.69 Å². The zero-order chi connectivity index (χ0) is 18.5. The third-order valence-corrected chi connectivity index (χ3v) is 4.07. The van der Waals surface area contributed by atoms with Gasteiger partial charge in [0.25, 0.3) is 5.91 Å². The first-order valence-electron chi connectivity index (χ1n) is 8.05. The third-order valence-electron chi connectivity index (χ3n) is 4.07. The van der Waals surface area contributed by atoms with E-state index in [9.17, 15) is 19.3 Å². The van der Waals surface area contributed by atoms with Crippen LogP contribution in [0.15, 0.2) is 42.6 Å². The Bertz CT molecular complexity index is 792. The Kier molecular flexibility index (Phi) is 5.26. The van der Waals surface area contributed by atoms with E-state index < -0.39 is 4.92 Å². The predicted octanol–water partition coefficient (Wildman–Crippen LogP) is 1.86. The summed E-state index contributed by atoms with van der Waals surface area (Å²) in [7, 11) is 0. The first-order valence-corrected chi connectivity index (χ1v) is 8.05. The largest absolute Gasteiger partial charge is 0.484 e. The van der Waals surface area contributed by atoms with Gasteiger partial charge in [-0.1, -0.05) is 0 Å². The number of benzene rings is 1. The first kappa shape index (κ1) is 17.6. The van der Waals surface area contributed by atoms with Crippen molar-refractivity contribution in [3.63, 3.8) is 0 Å². The molecule has 0 N–H and O–H groups in total. The monoisotopic (exact) mass is 360 g/mol. The van der Waals surface area contributed by atoms with E-state index in [1.54, 1.807) is 9.80 Å². The van der Waals surface area contributed by atoms with Crippen LogP contribution in [0.3, 0.4) is 0 Å². The van der Waals surface area contributed by atoms with E-state index in [1.165, 1.54) is 42.6 Å². The molecular weight excluding hydrogens is 343 g/mol. The summed E-state index contributed by atoms with van der Waals surface area (Å²) in [5, 5.41) is 11.1. The van der Waals surface area contributed by atoms with Crippen molar-refractivity contribution in [3.8, 4) is 5.75 Å². The van der Waals surface area contributed by atoms with Crippen LogP contribution >= 0.6 is 0 Å². The van der Waals surface area contributed by atoms with E-state index >= 15 is 0 Å². The molecule has 0 bridgehead atoms.